The molecule has 0 aliphatic rings. The number of nitrogens with one attached hydrogen (secondary N) is 1. The molecule has 2 heterocycles. The van der Waals surface area contributed by atoms with E-state index < -0.39 is 0 Å². The number of H-pyrrole nitrogens is 1. The van der Waals surface area contributed by atoms with Crippen molar-refractivity contribution in [3.05, 3.63) is 32.1 Å². The zero-order valence-electron chi connectivity index (χ0n) is 8.56. The molecular weight excluding hydrogens is 282 g/mol. The molecule has 0 radical (unpaired) electrons. The summed E-state index contributed by atoms with van der Waals surface area (Å²) < 4.78 is 0.561. The first-order valence-electron chi connectivity index (χ1n) is 4.46. The average molecular weight is 288 g/mol. The molecule has 5 nitrogen and oxygen atoms in total. The van der Waals surface area contributed by atoms with Crippen molar-refractivity contribution in [3.63, 3.8) is 0 Å². The summed E-state index contributed by atoms with van der Waals surface area (Å²) in [5.41, 5.74) is 0.396. The fourth-order valence-electron chi connectivity index (χ4n) is 1.09. The summed E-state index contributed by atoms with van der Waals surface area (Å²) >= 11 is 8.06. The zero-order chi connectivity index (χ0) is 12.4. The quantitative estimate of drug-likeness (QED) is 0.691. The minimum atomic E-state index is -0.224. The minimum Gasteiger partial charge on any atom is -0.301 e. The number of carbonyl (C=O) groups is 1. The molecule has 0 saturated heterocycles. The SMILES string of the molecule is Cc1cc(=O)[nH]c(Sc2nc(Cl)c(C=O)s2)n1. The van der Waals surface area contributed by atoms with Gasteiger partial charge in [-0.2, -0.15) is 0 Å². The van der Waals surface area contributed by atoms with Crippen LogP contribution in [0.25, 0.3) is 0 Å². The molecule has 0 fully saturated rings. The van der Waals surface area contributed by atoms with E-state index in [1.165, 1.54) is 6.07 Å². The highest BCUT2D eigenvalue weighted by Crippen LogP contribution is 2.31. The normalized spacial score (nSPS) is 10.5. The van der Waals surface area contributed by atoms with Gasteiger partial charge in [0, 0.05) is 11.8 Å². The highest BCUT2D eigenvalue weighted by molar-refractivity contribution is 8.00. The van der Waals surface area contributed by atoms with Crippen LogP contribution in [-0.2, 0) is 0 Å². The Bertz CT molecular complexity index is 623. The van der Waals surface area contributed by atoms with Crippen LogP contribution in [0, 0.1) is 6.92 Å². The second-order valence-electron chi connectivity index (χ2n) is 3.05. The van der Waals surface area contributed by atoms with Crippen LogP contribution in [-0.4, -0.2) is 21.2 Å². The molecule has 0 aromatic carbocycles. The van der Waals surface area contributed by atoms with Gasteiger partial charge in [0.15, 0.2) is 20.9 Å². The zero-order valence-corrected chi connectivity index (χ0v) is 10.9. The second-order valence-corrected chi connectivity index (χ2v) is 5.67. The number of hydrogen-bond donors (Lipinski definition) is 1. The molecule has 2 aromatic heterocycles. The highest BCUT2D eigenvalue weighted by atomic mass is 35.5. The lowest BCUT2D eigenvalue weighted by Crippen LogP contribution is -2.07. The van der Waals surface area contributed by atoms with E-state index in [-0.39, 0.29) is 10.7 Å². The van der Waals surface area contributed by atoms with Crippen molar-refractivity contribution in [3.8, 4) is 0 Å². The molecule has 0 atom stereocenters. The van der Waals surface area contributed by atoms with Crippen molar-refractivity contribution in [2.45, 2.75) is 16.4 Å². The van der Waals surface area contributed by atoms with Gasteiger partial charge in [0.2, 0.25) is 0 Å². The predicted octanol–water partition coefficient (Wildman–Crippen LogP) is 2.15. The Kier molecular flexibility index (Phi) is 3.60. The van der Waals surface area contributed by atoms with Crippen molar-refractivity contribution in [2.75, 3.05) is 0 Å². The molecule has 17 heavy (non-hydrogen) atoms. The fraction of sp³-hybridized carbons (Fsp3) is 0.111. The van der Waals surface area contributed by atoms with Gasteiger partial charge < -0.3 is 4.98 Å². The number of halogens is 1. The maximum absolute atomic E-state index is 11.2. The standard InChI is InChI=1S/C9H6ClN3O2S2/c1-4-2-6(15)12-8(11-4)17-9-13-7(10)5(3-14)16-9/h2-3H,1H3,(H,11,12,15). The molecule has 0 spiro atoms. The Labute approximate surface area is 109 Å². The van der Waals surface area contributed by atoms with E-state index in [0.29, 0.717) is 26.4 Å². The Morgan fingerprint density at radius 1 is 1.53 bits per heavy atom. The van der Waals surface area contributed by atoms with Crippen molar-refractivity contribution >= 4 is 41.0 Å². The van der Waals surface area contributed by atoms with Crippen LogP contribution in [0.5, 0.6) is 0 Å². The number of carbonyl (C=O) groups excluding carboxylic acids is 1. The topological polar surface area (TPSA) is 75.7 Å². The molecule has 88 valence electrons. The molecular formula is C9H6ClN3O2S2. The van der Waals surface area contributed by atoms with Gasteiger partial charge in [-0.15, -0.1) is 11.3 Å². The molecule has 2 rings (SSSR count). The third kappa shape index (κ3) is 2.93. The van der Waals surface area contributed by atoms with Gasteiger partial charge >= 0.3 is 0 Å². The number of aldehydes is 1. The summed E-state index contributed by atoms with van der Waals surface area (Å²) in [6, 6.07) is 1.40. The maximum Gasteiger partial charge on any atom is 0.251 e. The number of aromatic amines is 1. The highest BCUT2D eigenvalue weighted by Gasteiger charge is 2.11. The fourth-order valence-corrected chi connectivity index (χ4v) is 3.26. The smallest absolute Gasteiger partial charge is 0.251 e. The van der Waals surface area contributed by atoms with Gasteiger partial charge in [0.25, 0.3) is 5.56 Å². The third-order valence-corrected chi connectivity index (χ3v) is 4.06. The number of aromatic nitrogens is 3. The van der Waals surface area contributed by atoms with Crippen LogP contribution >= 0.6 is 34.7 Å². The molecule has 0 aliphatic carbocycles. The van der Waals surface area contributed by atoms with Crippen LogP contribution in [0.1, 0.15) is 15.4 Å². The van der Waals surface area contributed by atoms with Crippen LogP contribution < -0.4 is 5.56 Å². The van der Waals surface area contributed by atoms with Gasteiger partial charge in [-0.25, -0.2) is 9.97 Å². The van der Waals surface area contributed by atoms with Crippen molar-refractivity contribution < 1.29 is 4.79 Å². The summed E-state index contributed by atoms with van der Waals surface area (Å²) in [5.74, 6) is 0. The monoisotopic (exact) mass is 287 g/mol. The average Bonchev–Trinajstić information content (AvgIpc) is 2.57. The van der Waals surface area contributed by atoms with Gasteiger partial charge in [0.1, 0.15) is 4.88 Å². The van der Waals surface area contributed by atoms with E-state index in [2.05, 4.69) is 15.0 Å². The van der Waals surface area contributed by atoms with Gasteiger partial charge in [-0.1, -0.05) is 11.6 Å². The molecule has 0 saturated carbocycles. The van der Waals surface area contributed by atoms with Gasteiger partial charge in [-0.05, 0) is 18.7 Å². The summed E-state index contributed by atoms with van der Waals surface area (Å²) in [6.45, 7) is 1.73. The van der Waals surface area contributed by atoms with Crippen LogP contribution in [0.4, 0.5) is 0 Å². The van der Waals surface area contributed by atoms with E-state index in [1.807, 2.05) is 0 Å². The van der Waals surface area contributed by atoms with E-state index in [1.54, 1.807) is 6.92 Å². The maximum atomic E-state index is 11.2. The molecule has 0 amide bonds. The largest absolute Gasteiger partial charge is 0.301 e. The number of rotatable bonds is 3. The van der Waals surface area contributed by atoms with Crippen molar-refractivity contribution in [1.82, 2.24) is 15.0 Å². The van der Waals surface area contributed by atoms with E-state index in [0.717, 1.165) is 23.1 Å². The number of thiazole rings is 1. The van der Waals surface area contributed by atoms with E-state index in [9.17, 15) is 9.59 Å². The Morgan fingerprint density at radius 2 is 2.29 bits per heavy atom. The first kappa shape index (κ1) is 12.3. The lowest BCUT2D eigenvalue weighted by molar-refractivity contribution is 0.112. The van der Waals surface area contributed by atoms with Crippen molar-refractivity contribution in [2.24, 2.45) is 0 Å². The lowest BCUT2D eigenvalue weighted by atomic mass is 10.5. The van der Waals surface area contributed by atoms with Gasteiger partial charge in [0.05, 0.1) is 0 Å². The van der Waals surface area contributed by atoms with Crippen LogP contribution in [0.2, 0.25) is 5.15 Å². The molecule has 8 heteroatoms. The number of nitrogens with zero attached hydrogens (tertiary/aromatic N) is 2. The molecule has 2 aromatic rings. The Morgan fingerprint density at radius 3 is 2.88 bits per heavy atom. The minimum absolute atomic E-state index is 0.169. The predicted molar refractivity (Wildman–Crippen MR) is 66.2 cm³/mol. The van der Waals surface area contributed by atoms with E-state index in [4.69, 9.17) is 11.6 Å². The Hall–Kier alpha value is -1.18. The second kappa shape index (κ2) is 4.99. The Balaban J connectivity index is 2.30. The first-order valence-corrected chi connectivity index (χ1v) is 6.47. The molecule has 1 N–H and O–H groups in total. The number of hydrogen-bond acceptors (Lipinski definition) is 6. The first-order chi connectivity index (χ1) is 8.08. The molecule has 0 bridgehead atoms. The summed E-state index contributed by atoms with van der Waals surface area (Å²) in [5, 5.41) is 0.598. The third-order valence-electron chi connectivity index (χ3n) is 1.73. The summed E-state index contributed by atoms with van der Waals surface area (Å²) in [6.07, 6.45) is 0.649. The van der Waals surface area contributed by atoms with Crippen LogP contribution in [0.3, 0.4) is 0 Å². The molecule has 0 unspecified atom stereocenters. The van der Waals surface area contributed by atoms with Crippen LogP contribution in [0.15, 0.2) is 20.4 Å². The van der Waals surface area contributed by atoms with E-state index >= 15 is 0 Å². The lowest BCUT2D eigenvalue weighted by Gasteiger charge is -1.97. The number of aryl methyl sites for hydroxylation is 1. The van der Waals surface area contributed by atoms with Crippen molar-refractivity contribution in [1.29, 1.82) is 0 Å². The van der Waals surface area contributed by atoms with Gasteiger partial charge in [-0.3, -0.25) is 9.59 Å². The molecule has 0 aliphatic heterocycles. The summed E-state index contributed by atoms with van der Waals surface area (Å²) in [4.78, 5) is 32.9. The summed E-state index contributed by atoms with van der Waals surface area (Å²) in [7, 11) is 0.